The van der Waals surface area contributed by atoms with E-state index in [1.165, 1.54) is 12.1 Å². The molecule has 0 saturated carbocycles. The van der Waals surface area contributed by atoms with E-state index in [0.717, 1.165) is 10.2 Å². The van der Waals surface area contributed by atoms with E-state index in [9.17, 15) is 12.8 Å². The summed E-state index contributed by atoms with van der Waals surface area (Å²) in [4.78, 5) is 4.44. The highest BCUT2D eigenvalue weighted by molar-refractivity contribution is 9.10. The van der Waals surface area contributed by atoms with Crippen molar-refractivity contribution in [2.45, 2.75) is 6.92 Å². The Labute approximate surface area is 172 Å². The lowest BCUT2D eigenvalue weighted by Gasteiger charge is -2.37. The van der Waals surface area contributed by atoms with E-state index in [4.69, 9.17) is 0 Å². The third-order valence-corrected chi connectivity index (χ3v) is 6.96. The minimum atomic E-state index is -3.73. The molecule has 0 N–H and O–H groups in total. The number of benzene rings is 2. The number of nitrogens with zero attached hydrogens (tertiary/aromatic N) is 3. The fraction of sp³-hybridized carbons (Fsp3) is 0.250. The number of hydrogen-bond donors (Lipinski definition) is 0. The highest BCUT2D eigenvalue weighted by Gasteiger charge is 2.34. The maximum absolute atomic E-state index is 13.1. The molecule has 0 amide bonds. The molecule has 2 aromatic carbocycles. The quantitative estimate of drug-likeness (QED) is 0.677. The molecule has 1 saturated heterocycles. The highest BCUT2D eigenvalue weighted by Crippen LogP contribution is 2.35. The number of piperazine rings is 1. The summed E-state index contributed by atoms with van der Waals surface area (Å²) >= 11 is 3.40. The van der Waals surface area contributed by atoms with Crippen molar-refractivity contribution < 1.29 is 12.8 Å². The van der Waals surface area contributed by atoms with Crippen LogP contribution in [0.25, 0.3) is 4.91 Å². The van der Waals surface area contributed by atoms with Crippen LogP contribution in [0.15, 0.2) is 63.0 Å². The molecular formula is C20H19BrFN3O2S. The van der Waals surface area contributed by atoms with Gasteiger partial charge in [-0.05, 0) is 48.9 Å². The first kappa shape index (κ1) is 19.1. The second-order valence-electron chi connectivity index (χ2n) is 6.80. The lowest BCUT2D eigenvalue weighted by atomic mass is 10.1. The summed E-state index contributed by atoms with van der Waals surface area (Å²) in [5, 5.41) is 0. The fourth-order valence-corrected chi connectivity index (χ4v) is 5.52. The van der Waals surface area contributed by atoms with Crippen LogP contribution < -0.4 is 4.90 Å². The molecule has 28 heavy (non-hydrogen) atoms. The summed E-state index contributed by atoms with van der Waals surface area (Å²) in [6, 6.07) is 13.7. The number of hydrogen-bond acceptors (Lipinski definition) is 4. The van der Waals surface area contributed by atoms with Crippen LogP contribution in [0.4, 0.5) is 10.1 Å². The second kappa shape index (κ2) is 7.33. The average molecular weight is 464 g/mol. The van der Waals surface area contributed by atoms with Gasteiger partial charge in [-0.2, -0.15) is 8.42 Å². The van der Waals surface area contributed by atoms with E-state index in [1.807, 2.05) is 24.0 Å². The smallest absolute Gasteiger partial charge is 0.285 e. The van der Waals surface area contributed by atoms with Crippen LogP contribution in [0.5, 0.6) is 0 Å². The maximum Gasteiger partial charge on any atom is 0.285 e. The number of anilines is 1. The molecular weight excluding hydrogens is 445 g/mol. The van der Waals surface area contributed by atoms with E-state index in [2.05, 4.69) is 25.2 Å². The van der Waals surface area contributed by atoms with E-state index < -0.39 is 10.0 Å². The van der Waals surface area contributed by atoms with Gasteiger partial charge in [-0.15, -0.1) is 4.40 Å². The first-order valence-electron chi connectivity index (χ1n) is 8.93. The molecule has 0 spiro atoms. The van der Waals surface area contributed by atoms with Gasteiger partial charge in [-0.25, -0.2) is 4.39 Å². The number of sulfonamides is 1. The summed E-state index contributed by atoms with van der Waals surface area (Å²) in [5.74, 6) is 0.266. The third kappa shape index (κ3) is 3.58. The van der Waals surface area contributed by atoms with Crippen LogP contribution in [0.3, 0.4) is 0 Å². The third-order valence-electron chi connectivity index (χ3n) is 5.00. The standard InChI is InChI=1S/C20H19BrFN3O2S/c1-14-19(15-3-2-4-16(21)13-15)28(26,27)23-20(14)25-11-9-24(10-12-25)18-7-5-17(22)6-8-18/h2-8,13H,9-12H2,1H3. The summed E-state index contributed by atoms with van der Waals surface area (Å²) in [6.45, 7) is 4.53. The average Bonchev–Trinajstić information content (AvgIpc) is 2.91. The lowest BCUT2D eigenvalue weighted by molar-refractivity contribution is 0.386. The molecule has 4 rings (SSSR count). The first-order valence-corrected chi connectivity index (χ1v) is 11.2. The summed E-state index contributed by atoms with van der Waals surface area (Å²) in [7, 11) is -3.73. The number of halogens is 2. The van der Waals surface area contributed by atoms with E-state index in [-0.39, 0.29) is 10.7 Å². The summed E-state index contributed by atoms with van der Waals surface area (Å²) in [5.41, 5.74) is 2.27. The minimum Gasteiger partial charge on any atom is -0.368 e. The van der Waals surface area contributed by atoms with Crippen LogP contribution in [0.2, 0.25) is 0 Å². The van der Waals surface area contributed by atoms with Gasteiger partial charge in [0, 0.05) is 41.9 Å². The monoisotopic (exact) mass is 463 g/mol. The van der Waals surface area contributed by atoms with E-state index >= 15 is 0 Å². The molecule has 2 aliphatic heterocycles. The van der Waals surface area contributed by atoms with E-state index in [1.54, 1.807) is 24.3 Å². The zero-order valence-corrected chi connectivity index (χ0v) is 17.7. The predicted octanol–water partition coefficient (Wildman–Crippen LogP) is 3.88. The van der Waals surface area contributed by atoms with Crippen molar-refractivity contribution in [2.24, 2.45) is 4.40 Å². The molecule has 0 aliphatic carbocycles. The number of amidine groups is 1. The Bertz CT molecular complexity index is 1070. The summed E-state index contributed by atoms with van der Waals surface area (Å²) in [6.07, 6.45) is 0. The molecule has 0 bridgehead atoms. The largest absolute Gasteiger partial charge is 0.368 e. The molecule has 5 nitrogen and oxygen atoms in total. The fourth-order valence-electron chi connectivity index (χ4n) is 3.64. The predicted molar refractivity (Wildman–Crippen MR) is 113 cm³/mol. The Kier molecular flexibility index (Phi) is 5.01. The van der Waals surface area contributed by atoms with Crippen LogP contribution in [-0.2, 0) is 10.0 Å². The van der Waals surface area contributed by atoms with Crippen LogP contribution in [-0.4, -0.2) is 45.3 Å². The van der Waals surface area contributed by atoms with Crippen LogP contribution in [0.1, 0.15) is 12.5 Å². The van der Waals surface area contributed by atoms with Gasteiger partial charge in [0.05, 0.1) is 0 Å². The SMILES string of the molecule is CC1=C(c2cccc(Br)c2)S(=O)(=O)N=C1N1CCN(c2ccc(F)cc2)CC1. The maximum atomic E-state index is 13.1. The number of rotatable bonds is 2. The Hall–Kier alpha value is -2.19. The van der Waals surface area contributed by atoms with Crippen molar-refractivity contribution in [3.05, 3.63) is 70.0 Å². The van der Waals surface area contributed by atoms with Crippen molar-refractivity contribution in [1.29, 1.82) is 0 Å². The van der Waals surface area contributed by atoms with Gasteiger partial charge in [-0.1, -0.05) is 28.1 Å². The van der Waals surface area contributed by atoms with E-state index in [0.29, 0.717) is 43.2 Å². The first-order chi connectivity index (χ1) is 13.3. The molecule has 146 valence electrons. The molecule has 0 unspecified atom stereocenters. The zero-order valence-electron chi connectivity index (χ0n) is 15.3. The van der Waals surface area contributed by atoms with Gasteiger partial charge in [0.15, 0.2) is 0 Å². The second-order valence-corrected chi connectivity index (χ2v) is 9.26. The minimum absolute atomic E-state index is 0.256. The molecule has 2 aliphatic rings. The Morgan fingerprint density at radius 2 is 1.64 bits per heavy atom. The molecule has 0 radical (unpaired) electrons. The van der Waals surface area contributed by atoms with Gasteiger partial charge < -0.3 is 9.80 Å². The van der Waals surface area contributed by atoms with Gasteiger partial charge in [0.25, 0.3) is 10.0 Å². The topological polar surface area (TPSA) is 53.0 Å². The Morgan fingerprint density at radius 3 is 2.29 bits per heavy atom. The van der Waals surface area contributed by atoms with Crippen molar-refractivity contribution in [1.82, 2.24) is 4.90 Å². The van der Waals surface area contributed by atoms with Crippen molar-refractivity contribution in [3.8, 4) is 0 Å². The van der Waals surface area contributed by atoms with Crippen molar-refractivity contribution in [2.75, 3.05) is 31.1 Å². The van der Waals surface area contributed by atoms with Crippen molar-refractivity contribution >= 4 is 42.4 Å². The lowest BCUT2D eigenvalue weighted by Crippen LogP contribution is -2.48. The highest BCUT2D eigenvalue weighted by atomic mass is 79.9. The molecule has 2 heterocycles. The molecule has 1 fully saturated rings. The Balaban J connectivity index is 1.56. The van der Waals surface area contributed by atoms with Crippen LogP contribution >= 0.6 is 15.9 Å². The molecule has 8 heteroatoms. The molecule has 2 aromatic rings. The van der Waals surface area contributed by atoms with Gasteiger partial charge >= 0.3 is 0 Å². The molecule has 0 aromatic heterocycles. The summed E-state index contributed by atoms with van der Waals surface area (Å²) < 4.78 is 43.5. The van der Waals surface area contributed by atoms with Crippen molar-refractivity contribution in [3.63, 3.8) is 0 Å². The van der Waals surface area contributed by atoms with Gasteiger partial charge in [-0.3, -0.25) is 0 Å². The molecule has 0 atom stereocenters. The van der Waals surface area contributed by atoms with Crippen LogP contribution in [0, 0.1) is 5.82 Å². The Morgan fingerprint density at radius 1 is 1.00 bits per heavy atom. The normalized spacial score (nSPS) is 19.2. The zero-order chi connectivity index (χ0) is 19.9. The van der Waals surface area contributed by atoms with Gasteiger partial charge in [0.1, 0.15) is 16.6 Å². The van der Waals surface area contributed by atoms with Gasteiger partial charge in [0.2, 0.25) is 0 Å².